The maximum absolute atomic E-state index is 12.9. The molecule has 21 heavy (non-hydrogen) atoms. The van der Waals surface area contributed by atoms with Crippen molar-refractivity contribution in [3.63, 3.8) is 0 Å². The number of H-pyrrole nitrogens is 1. The lowest BCUT2D eigenvalue weighted by Crippen LogP contribution is -2.59. The number of carbonyl (C=O) groups is 1. The average Bonchev–Trinajstić information content (AvgIpc) is 2.84. The van der Waals surface area contributed by atoms with Crippen LogP contribution in [0.2, 0.25) is 0 Å². The van der Waals surface area contributed by atoms with Crippen molar-refractivity contribution in [2.45, 2.75) is 58.9 Å². The van der Waals surface area contributed by atoms with Crippen LogP contribution in [0.1, 0.15) is 58.2 Å². The summed E-state index contributed by atoms with van der Waals surface area (Å²) >= 11 is 0. The second-order valence-electron chi connectivity index (χ2n) is 8.63. The molecular formula is C17H25N3O. The number of hydrogen-bond donors (Lipinski definition) is 2. The summed E-state index contributed by atoms with van der Waals surface area (Å²) in [5.74, 6) is 1.86. The maximum Gasteiger partial charge on any atom is 0.226 e. The number of nitrogens with zero attached hydrogens (tertiary/aromatic N) is 1. The molecule has 0 saturated heterocycles. The van der Waals surface area contributed by atoms with E-state index in [0.717, 1.165) is 31.0 Å². The minimum atomic E-state index is -0.116. The fourth-order valence-electron chi connectivity index (χ4n) is 6.45. The first-order valence-electron chi connectivity index (χ1n) is 8.17. The Morgan fingerprint density at radius 1 is 1.29 bits per heavy atom. The summed E-state index contributed by atoms with van der Waals surface area (Å²) < 4.78 is 0. The summed E-state index contributed by atoms with van der Waals surface area (Å²) in [7, 11) is 0. The van der Waals surface area contributed by atoms with Crippen molar-refractivity contribution in [1.29, 1.82) is 0 Å². The summed E-state index contributed by atoms with van der Waals surface area (Å²) in [5, 5.41) is 3.14. The SMILES string of the molecule is CC12CC3CC(C)(C1)CC(C(=O)NCc1ncc[nH]1)(C3)C2. The van der Waals surface area contributed by atoms with Gasteiger partial charge in [-0.1, -0.05) is 13.8 Å². The Hall–Kier alpha value is -1.32. The van der Waals surface area contributed by atoms with Gasteiger partial charge in [-0.2, -0.15) is 0 Å². The van der Waals surface area contributed by atoms with Crippen LogP contribution in [0.5, 0.6) is 0 Å². The van der Waals surface area contributed by atoms with E-state index in [0.29, 0.717) is 17.4 Å². The lowest BCUT2D eigenvalue weighted by atomic mass is 9.40. The van der Waals surface area contributed by atoms with Gasteiger partial charge in [0.2, 0.25) is 5.91 Å². The molecule has 4 nitrogen and oxygen atoms in total. The Bertz CT molecular complexity index is 547. The van der Waals surface area contributed by atoms with Crippen LogP contribution in [0.25, 0.3) is 0 Å². The summed E-state index contributed by atoms with van der Waals surface area (Å²) in [4.78, 5) is 20.2. The van der Waals surface area contributed by atoms with Gasteiger partial charge in [-0.15, -0.1) is 0 Å². The van der Waals surface area contributed by atoms with Crippen LogP contribution in [0.4, 0.5) is 0 Å². The van der Waals surface area contributed by atoms with Gasteiger partial charge >= 0.3 is 0 Å². The summed E-state index contributed by atoms with van der Waals surface area (Å²) in [6.45, 7) is 5.33. The largest absolute Gasteiger partial charge is 0.348 e. The predicted octanol–water partition coefficient (Wildman–Crippen LogP) is 3.02. The van der Waals surface area contributed by atoms with Crippen molar-refractivity contribution in [2.75, 3.05) is 0 Å². The third kappa shape index (κ3) is 2.11. The van der Waals surface area contributed by atoms with E-state index in [-0.39, 0.29) is 11.3 Å². The fourth-order valence-corrected chi connectivity index (χ4v) is 6.45. The number of hydrogen-bond acceptors (Lipinski definition) is 2. The average molecular weight is 287 g/mol. The van der Waals surface area contributed by atoms with Crippen LogP contribution in [0, 0.1) is 22.2 Å². The molecule has 4 aliphatic carbocycles. The van der Waals surface area contributed by atoms with Crippen LogP contribution in [0.3, 0.4) is 0 Å². The zero-order valence-electron chi connectivity index (χ0n) is 13.0. The molecule has 114 valence electrons. The Morgan fingerprint density at radius 3 is 2.57 bits per heavy atom. The Balaban J connectivity index is 1.54. The first-order valence-corrected chi connectivity index (χ1v) is 8.17. The molecule has 0 radical (unpaired) electrons. The molecule has 4 aliphatic rings. The highest BCUT2D eigenvalue weighted by Gasteiger charge is 2.62. The van der Waals surface area contributed by atoms with Gasteiger partial charge in [-0.25, -0.2) is 4.98 Å². The summed E-state index contributed by atoms with van der Waals surface area (Å²) in [5.41, 5.74) is 0.655. The van der Waals surface area contributed by atoms with Gasteiger partial charge in [0.15, 0.2) is 0 Å². The fraction of sp³-hybridized carbons (Fsp3) is 0.765. The highest BCUT2D eigenvalue weighted by atomic mass is 16.2. The summed E-state index contributed by atoms with van der Waals surface area (Å²) in [6.07, 6.45) is 10.8. The Morgan fingerprint density at radius 2 is 2.00 bits per heavy atom. The standard InChI is InChI=1S/C17H25N3O/c1-15-5-12-6-16(2,9-15)11-17(7-12,10-15)14(21)20-8-13-18-3-4-19-13/h3-4,12H,5-11H2,1-2H3,(H,18,19)(H,20,21). The lowest BCUT2D eigenvalue weighted by molar-refractivity contribution is -0.170. The van der Waals surface area contributed by atoms with Crippen LogP contribution in [-0.4, -0.2) is 15.9 Å². The maximum atomic E-state index is 12.9. The van der Waals surface area contributed by atoms with Crippen LogP contribution in [0.15, 0.2) is 12.4 Å². The highest BCUT2D eigenvalue weighted by Crippen LogP contribution is 2.69. The highest BCUT2D eigenvalue weighted by molar-refractivity contribution is 5.83. The molecule has 2 unspecified atom stereocenters. The number of rotatable bonds is 3. The van der Waals surface area contributed by atoms with Crippen LogP contribution < -0.4 is 5.32 Å². The molecule has 2 N–H and O–H groups in total. The van der Waals surface area contributed by atoms with E-state index in [1.165, 1.54) is 19.3 Å². The van der Waals surface area contributed by atoms with Gasteiger partial charge in [0.25, 0.3) is 0 Å². The normalized spacial score (nSPS) is 44.0. The van der Waals surface area contributed by atoms with Crippen molar-refractivity contribution >= 4 is 5.91 Å². The molecule has 0 aliphatic heterocycles. The van der Waals surface area contributed by atoms with Gasteiger partial charge < -0.3 is 10.3 Å². The van der Waals surface area contributed by atoms with E-state index >= 15 is 0 Å². The molecule has 1 heterocycles. The van der Waals surface area contributed by atoms with Gasteiger partial charge in [-0.05, 0) is 55.3 Å². The number of aromatic amines is 1. The van der Waals surface area contributed by atoms with Crippen molar-refractivity contribution in [3.8, 4) is 0 Å². The van der Waals surface area contributed by atoms with E-state index in [1.54, 1.807) is 12.4 Å². The Labute approximate surface area is 126 Å². The van der Waals surface area contributed by atoms with Gasteiger partial charge in [0.1, 0.15) is 5.82 Å². The molecule has 4 saturated carbocycles. The third-order valence-electron chi connectivity index (χ3n) is 6.08. The minimum Gasteiger partial charge on any atom is -0.348 e. The van der Waals surface area contributed by atoms with E-state index in [4.69, 9.17) is 0 Å². The second-order valence-corrected chi connectivity index (χ2v) is 8.63. The molecule has 4 heteroatoms. The molecule has 1 amide bonds. The minimum absolute atomic E-state index is 0.116. The monoisotopic (exact) mass is 287 g/mol. The first kappa shape index (κ1) is 13.4. The van der Waals surface area contributed by atoms with Crippen molar-refractivity contribution in [2.24, 2.45) is 22.2 Å². The van der Waals surface area contributed by atoms with Crippen molar-refractivity contribution in [1.82, 2.24) is 15.3 Å². The molecule has 0 aromatic carbocycles. The first-order chi connectivity index (χ1) is 9.91. The van der Waals surface area contributed by atoms with Crippen LogP contribution in [-0.2, 0) is 11.3 Å². The number of amides is 1. The van der Waals surface area contributed by atoms with Crippen LogP contribution >= 0.6 is 0 Å². The van der Waals surface area contributed by atoms with Crippen molar-refractivity contribution in [3.05, 3.63) is 18.2 Å². The van der Waals surface area contributed by atoms with E-state index in [2.05, 4.69) is 29.1 Å². The van der Waals surface area contributed by atoms with E-state index in [1.807, 2.05) is 0 Å². The van der Waals surface area contributed by atoms with Gasteiger partial charge in [0, 0.05) is 12.4 Å². The molecule has 1 aromatic heterocycles. The van der Waals surface area contributed by atoms with Gasteiger partial charge in [-0.3, -0.25) is 4.79 Å². The molecule has 2 atom stereocenters. The molecule has 4 fully saturated rings. The molecular weight excluding hydrogens is 262 g/mol. The molecule has 4 bridgehead atoms. The predicted molar refractivity (Wildman–Crippen MR) is 80.3 cm³/mol. The second kappa shape index (κ2) is 4.11. The quantitative estimate of drug-likeness (QED) is 0.897. The topological polar surface area (TPSA) is 57.8 Å². The zero-order chi connectivity index (χ0) is 14.7. The van der Waals surface area contributed by atoms with Gasteiger partial charge in [0.05, 0.1) is 12.0 Å². The number of carbonyl (C=O) groups excluding carboxylic acids is 1. The molecule has 0 spiro atoms. The Kier molecular flexibility index (Phi) is 2.61. The summed E-state index contributed by atoms with van der Waals surface area (Å²) in [6, 6.07) is 0. The van der Waals surface area contributed by atoms with E-state index < -0.39 is 0 Å². The van der Waals surface area contributed by atoms with Crippen molar-refractivity contribution < 1.29 is 4.79 Å². The molecule has 5 rings (SSSR count). The lowest BCUT2D eigenvalue weighted by Gasteiger charge is -2.64. The van der Waals surface area contributed by atoms with E-state index in [9.17, 15) is 4.79 Å². The zero-order valence-corrected chi connectivity index (χ0v) is 13.0. The smallest absolute Gasteiger partial charge is 0.226 e. The third-order valence-corrected chi connectivity index (χ3v) is 6.08. The number of imidazole rings is 1. The number of nitrogens with one attached hydrogen (secondary N) is 2. The molecule has 1 aromatic rings. The number of aromatic nitrogens is 2.